The number of nitrogens with zero attached hydrogens (tertiary/aromatic N) is 4. The highest BCUT2D eigenvalue weighted by Gasteiger charge is 2.16. The van der Waals surface area contributed by atoms with E-state index in [0.29, 0.717) is 27.5 Å². The summed E-state index contributed by atoms with van der Waals surface area (Å²) in [4.78, 5) is 48.7. The van der Waals surface area contributed by atoms with Gasteiger partial charge in [-0.25, -0.2) is 21.7 Å². The van der Waals surface area contributed by atoms with E-state index in [4.69, 9.17) is 16.3 Å². The van der Waals surface area contributed by atoms with Gasteiger partial charge in [0.2, 0.25) is 0 Å². The molecule has 96 heavy (non-hydrogen) atoms. The van der Waals surface area contributed by atoms with Crippen molar-refractivity contribution in [2.24, 2.45) is 20.4 Å². The molecule has 13 N–H and O–H groups in total. The van der Waals surface area contributed by atoms with Crippen LogP contribution in [0.15, 0.2) is 245 Å². The molecular weight excluding hydrogens is 1250 g/mol. The highest BCUT2D eigenvalue weighted by atomic mass is 35.5. The van der Waals surface area contributed by atoms with Gasteiger partial charge in [0.1, 0.15) is 57.5 Å². The first kappa shape index (κ1) is 66.9. The van der Waals surface area contributed by atoms with Crippen molar-refractivity contribution < 1.29 is 69.9 Å². The molecule has 4 amide bonds. The van der Waals surface area contributed by atoms with Crippen LogP contribution in [0.2, 0.25) is 5.02 Å². The molecule has 0 atom stereocenters. The van der Waals surface area contributed by atoms with Crippen molar-refractivity contribution in [3.05, 3.63) is 274 Å². The maximum Gasteiger partial charge on any atom is 0.275 e. The number of amides is 4. The fourth-order valence-electron chi connectivity index (χ4n) is 9.16. The minimum Gasteiger partial charge on any atom is -0.508 e. The molecule has 480 valence electrons. The molecule has 12 aromatic carbocycles. The van der Waals surface area contributed by atoms with E-state index in [1.54, 1.807) is 60.7 Å². The van der Waals surface area contributed by atoms with Gasteiger partial charge in [-0.05, 0) is 158 Å². The lowest BCUT2D eigenvalue weighted by molar-refractivity contribution is 0.0944. The molecule has 0 saturated carbocycles. The Bertz CT molecular complexity index is 4870. The smallest absolute Gasteiger partial charge is 0.275 e. The zero-order valence-corrected chi connectivity index (χ0v) is 51.2. The van der Waals surface area contributed by atoms with E-state index in [0.717, 1.165) is 43.1 Å². The molecule has 0 aromatic heterocycles. The van der Waals surface area contributed by atoms with Crippen molar-refractivity contribution in [1.29, 1.82) is 0 Å². The summed E-state index contributed by atoms with van der Waals surface area (Å²) in [7, 11) is 1.51. The Morgan fingerprint density at radius 3 is 0.948 bits per heavy atom. The summed E-state index contributed by atoms with van der Waals surface area (Å²) < 4.78 is 5.07. The first-order valence-electron chi connectivity index (χ1n) is 28.7. The predicted molar refractivity (Wildman–Crippen MR) is 368 cm³/mol. The van der Waals surface area contributed by atoms with Gasteiger partial charge in [-0.2, -0.15) is 20.4 Å². The molecule has 12 rings (SSSR count). The third-order valence-corrected chi connectivity index (χ3v) is 14.3. The van der Waals surface area contributed by atoms with Gasteiger partial charge in [0, 0.05) is 27.3 Å². The number of hydrazone groups is 4. The number of phenols is 9. The van der Waals surface area contributed by atoms with Crippen molar-refractivity contribution in [2.75, 3.05) is 7.11 Å². The summed E-state index contributed by atoms with van der Waals surface area (Å²) in [6, 6.07) is 61.8. The molecule has 0 aliphatic heterocycles. The fraction of sp³-hybridized carbons (Fsp3) is 0.0137. The number of nitrogens with one attached hydrogen (secondary N) is 4. The van der Waals surface area contributed by atoms with Crippen molar-refractivity contribution in [3.8, 4) is 57.5 Å². The number of carbonyl (C=O) groups excluding carboxylic acids is 4. The van der Waals surface area contributed by atoms with E-state index in [1.807, 2.05) is 97.1 Å². The average Bonchev–Trinajstić information content (AvgIpc) is 0.857. The number of fused-ring (bicyclic) bond motifs is 4. The van der Waals surface area contributed by atoms with E-state index >= 15 is 0 Å². The van der Waals surface area contributed by atoms with Gasteiger partial charge in [0.15, 0.2) is 0 Å². The van der Waals surface area contributed by atoms with Crippen LogP contribution >= 0.6 is 11.6 Å². The Labute approximate surface area is 551 Å². The van der Waals surface area contributed by atoms with Gasteiger partial charge < -0.3 is 50.7 Å². The number of carbonyl (C=O) groups is 4. The minimum atomic E-state index is -0.589. The Morgan fingerprint density at radius 1 is 0.312 bits per heavy atom. The molecule has 0 radical (unpaired) electrons. The second kappa shape index (κ2) is 31.5. The number of methoxy groups -OCH3 is 1. The summed E-state index contributed by atoms with van der Waals surface area (Å²) in [5.41, 5.74) is 11.2. The molecule has 0 unspecified atom stereocenters. The normalized spacial score (nSPS) is 11.0. The lowest BCUT2D eigenvalue weighted by Crippen LogP contribution is -2.17. The van der Waals surface area contributed by atoms with Crippen LogP contribution in [0.3, 0.4) is 0 Å². The SMILES string of the molecule is COc1ccc(O)c(/C=N/NC(=O)c2cc3ccccc3cc2O)c1.O=C(N/N=C/c1cc(Cl)ccc1O)c1cc2ccccc2cc1O.O=C(N/N=C/c1cc(O)ccc1O)c1cc2ccccc2cc1O.O=C(N/N=C/c1ccccc1O)c1cc2ccccc2cc1O. The molecule has 0 aliphatic rings. The third-order valence-electron chi connectivity index (χ3n) is 14.1. The molecule has 0 spiro atoms. The number of hydrogen-bond donors (Lipinski definition) is 13. The number of halogens is 1. The van der Waals surface area contributed by atoms with Crippen LogP contribution in [0.25, 0.3) is 43.1 Å². The maximum atomic E-state index is 12.2. The van der Waals surface area contributed by atoms with Crippen LogP contribution in [0.5, 0.6) is 57.5 Å². The van der Waals surface area contributed by atoms with Gasteiger partial charge in [0.05, 0.1) is 54.2 Å². The van der Waals surface area contributed by atoms with E-state index in [1.165, 1.54) is 98.7 Å². The largest absolute Gasteiger partial charge is 0.508 e. The number of benzene rings is 12. The first-order chi connectivity index (χ1) is 46.3. The zero-order chi connectivity index (χ0) is 68.3. The Balaban J connectivity index is 0.000000150. The Morgan fingerprint density at radius 2 is 0.594 bits per heavy atom. The molecule has 0 heterocycles. The molecule has 12 aromatic rings. The van der Waals surface area contributed by atoms with Crippen LogP contribution in [-0.4, -0.2) is 102 Å². The number of aromatic hydroxyl groups is 9. The molecule has 0 fully saturated rings. The number of hydrogen-bond acceptors (Lipinski definition) is 18. The quantitative estimate of drug-likeness (QED) is 0.0290. The third kappa shape index (κ3) is 17.5. The molecule has 23 heteroatoms. The highest BCUT2D eigenvalue weighted by Crippen LogP contribution is 2.30. The van der Waals surface area contributed by atoms with Crippen molar-refractivity contribution in [1.82, 2.24) is 21.7 Å². The van der Waals surface area contributed by atoms with E-state index in [-0.39, 0.29) is 79.6 Å². The molecule has 0 aliphatic carbocycles. The Hall–Kier alpha value is -13.5. The monoisotopic (exact) mass is 1300 g/mol. The second-order valence-electron chi connectivity index (χ2n) is 20.6. The van der Waals surface area contributed by atoms with Crippen LogP contribution in [0.4, 0.5) is 0 Å². The van der Waals surface area contributed by atoms with Gasteiger partial charge in [-0.3, -0.25) is 19.2 Å². The lowest BCUT2D eigenvalue weighted by atomic mass is 10.1. The maximum absolute atomic E-state index is 12.2. The second-order valence-corrected chi connectivity index (χ2v) is 21.0. The number of phenolic OH excluding ortho intramolecular Hbond substituents is 9. The summed E-state index contributed by atoms with van der Waals surface area (Å²) >= 11 is 5.84. The van der Waals surface area contributed by atoms with Gasteiger partial charge in [-0.15, -0.1) is 0 Å². The summed E-state index contributed by atoms with van der Waals surface area (Å²) in [5.74, 6) is -2.25. The molecule has 0 saturated heterocycles. The minimum absolute atomic E-state index is 0.00681. The van der Waals surface area contributed by atoms with Gasteiger partial charge >= 0.3 is 0 Å². The van der Waals surface area contributed by atoms with Crippen LogP contribution in [-0.2, 0) is 0 Å². The van der Waals surface area contributed by atoms with E-state index in [2.05, 4.69) is 42.1 Å². The van der Waals surface area contributed by atoms with Crippen molar-refractivity contribution in [2.45, 2.75) is 0 Å². The van der Waals surface area contributed by atoms with Gasteiger partial charge in [0.25, 0.3) is 23.6 Å². The summed E-state index contributed by atoms with van der Waals surface area (Å²) in [5, 5.41) is 110. The zero-order valence-electron chi connectivity index (χ0n) is 50.4. The topological polar surface area (TPSA) is 357 Å². The van der Waals surface area contributed by atoms with Crippen LogP contribution in [0, 0.1) is 0 Å². The first-order valence-corrected chi connectivity index (χ1v) is 29.1. The number of para-hydroxylation sites is 1. The molecule has 0 bridgehead atoms. The highest BCUT2D eigenvalue weighted by molar-refractivity contribution is 6.31. The van der Waals surface area contributed by atoms with Crippen LogP contribution in [0.1, 0.15) is 63.7 Å². The van der Waals surface area contributed by atoms with Crippen molar-refractivity contribution >= 4 is 103 Å². The van der Waals surface area contributed by atoms with E-state index < -0.39 is 23.6 Å². The van der Waals surface area contributed by atoms with Crippen molar-refractivity contribution in [3.63, 3.8) is 0 Å². The van der Waals surface area contributed by atoms with Gasteiger partial charge in [-0.1, -0.05) is 121 Å². The predicted octanol–water partition coefficient (Wildman–Crippen LogP) is 12.4. The molecule has 22 nitrogen and oxygen atoms in total. The number of ether oxygens (including phenoxy) is 1. The number of rotatable bonds is 13. The Kier molecular flexibility index (Phi) is 22.0. The van der Waals surface area contributed by atoms with Crippen LogP contribution < -0.4 is 26.4 Å². The summed E-state index contributed by atoms with van der Waals surface area (Å²) in [6.07, 6.45) is 5.11. The molecular formula is C73H57ClN8O14. The lowest BCUT2D eigenvalue weighted by Gasteiger charge is -2.06. The standard InChI is InChI=1S/C19H16N2O4.C18H13ClN2O3.C18H14N2O4.C18H14N2O3/c1-25-15-6-7-17(22)14(8-15)11-20-21-19(24)16-9-12-4-2-3-5-13(12)10-18(16)23;19-14-5-6-16(22)13(7-14)10-20-21-18(24)15-8-11-3-1-2-4-12(11)9-17(15)23;21-14-5-6-16(22)13(7-14)10-19-20-18(24)15-8-11-3-1-2-4-12(11)9-17(15)23;21-16-8-4-3-7-14(16)11-19-20-18(23)15-9-12-5-1-2-6-13(12)10-17(15)22/h2-11,22-23H,1H3,(H,21,24);1-10,22-23H,(H,21,24);1-10,21-23H,(H,20,24);1-11,21-22H,(H,20,23)/b20-11+;20-10+;19-10+;19-11+. The fourth-order valence-corrected chi connectivity index (χ4v) is 9.34. The van der Waals surface area contributed by atoms with E-state index in [9.17, 15) is 65.1 Å². The average molecular weight is 1310 g/mol. The summed E-state index contributed by atoms with van der Waals surface area (Å²) in [6.45, 7) is 0.